The van der Waals surface area contributed by atoms with Gasteiger partial charge in [0.1, 0.15) is 34.0 Å². The molecule has 0 radical (unpaired) electrons. The van der Waals surface area contributed by atoms with E-state index < -0.39 is 12.1 Å². The number of allylic oxidation sites excluding steroid dienone is 1. The fraction of sp³-hybridized carbons (Fsp3) is 0.0625. The molecule has 0 atom stereocenters. The molecule has 6 nitrogen and oxygen atoms in total. The van der Waals surface area contributed by atoms with E-state index >= 15 is 0 Å². The zero-order valence-electron chi connectivity index (χ0n) is 12.9. The molecule has 132 valence electrons. The lowest BCUT2D eigenvalue weighted by Crippen LogP contribution is -2.18. The molecule has 1 aromatic carbocycles. The van der Waals surface area contributed by atoms with Crippen LogP contribution in [0.2, 0.25) is 0 Å². The van der Waals surface area contributed by atoms with Gasteiger partial charge in [-0.3, -0.25) is 0 Å². The van der Waals surface area contributed by atoms with Gasteiger partial charge >= 0.3 is 6.36 Å². The molecule has 0 amide bonds. The molecule has 0 saturated carbocycles. The summed E-state index contributed by atoms with van der Waals surface area (Å²) in [5.41, 5.74) is -0.419. The molecule has 3 rings (SSSR count). The van der Waals surface area contributed by atoms with Gasteiger partial charge in [0, 0.05) is 5.56 Å². The first-order valence-corrected chi connectivity index (χ1v) is 8.57. The lowest BCUT2D eigenvalue weighted by molar-refractivity contribution is -0.274. The van der Waals surface area contributed by atoms with Gasteiger partial charge in [-0.1, -0.05) is 35.7 Å². The number of nitriles is 3. The molecule has 2 heterocycles. The molecule has 1 aliphatic heterocycles. The van der Waals surface area contributed by atoms with E-state index in [9.17, 15) is 18.4 Å². The van der Waals surface area contributed by atoms with E-state index in [1.165, 1.54) is 18.2 Å². The smallest absolute Gasteiger partial charge is 0.405 e. The van der Waals surface area contributed by atoms with Gasteiger partial charge in [-0.2, -0.15) is 15.8 Å². The summed E-state index contributed by atoms with van der Waals surface area (Å²) in [6.45, 7) is 0. The molecule has 0 N–H and O–H groups in total. The normalized spacial score (nSPS) is 12.5. The molecule has 1 aromatic heterocycles. The predicted molar refractivity (Wildman–Crippen MR) is 88.8 cm³/mol. The number of para-hydroxylation sites is 1. The van der Waals surface area contributed by atoms with Crippen LogP contribution in [0.4, 0.5) is 13.2 Å². The molecule has 0 bridgehead atoms. The second-order valence-electron chi connectivity index (χ2n) is 4.78. The van der Waals surface area contributed by atoms with Crippen molar-refractivity contribution in [1.29, 1.82) is 15.8 Å². The minimum atomic E-state index is -4.91. The Kier molecular flexibility index (Phi) is 4.95. The summed E-state index contributed by atoms with van der Waals surface area (Å²) in [6.07, 6.45) is -4.91. The number of nitrogens with zero attached hydrogens (tertiary/aromatic N) is 5. The van der Waals surface area contributed by atoms with Crippen LogP contribution in [0.15, 0.2) is 38.6 Å². The summed E-state index contributed by atoms with van der Waals surface area (Å²) in [6, 6.07) is 10.7. The molecule has 0 fully saturated rings. The van der Waals surface area contributed by atoms with E-state index in [0.717, 1.165) is 29.6 Å². The van der Waals surface area contributed by atoms with Crippen molar-refractivity contribution in [1.82, 2.24) is 9.97 Å². The molecule has 0 aliphatic carbocycles. The van der Waals surface area contributed by atoms with Crippen molar-refractivity contribution >= 4 is 29.1 Å². The maximum absolute atomic E-state index is 12.6. The molecular formula is C16H4F3N5OS2. The summed E-state index contributed by atoms with van der Waals surface area (Å²) in [5, 5.41) is 28.2. The number of aromatic nitrogens is 2. The Bertz CT molecular complexity index is 1050. The number of hydrogen-bond acceptors (Lipinski definition) is 8. The van der Waals surface area contributed by atoms with E-state index in [2.05, 4.69) is 14.7 Å². The monoisotopic (exact) mass is 403 g/mol. The first-order chi connectivity index (χ1) is 12.9. The van der Waals surface area contributed by atoms with Crippen molar-refractivity contribution in [3.05, 3.63) is 45.5 Å². The number of ether oxygens (including phenoxy) is 1. The van der Waals surface area contributed by atoms with Crippen molar-refractivity contribution in [2.24, 2.45) is 0 Å². The Morgan fingerprint density at radius 3 is 2.00 bits per heavy atom. The minimum Gasteiger partial charge on any atom is -0.405 e. The highest BCUT2D eigenvalue weighted by Gasteiger charge is 2.33. The van der Waals surface area contributed by atoms with Gasteiger partial charge in [0.15, 0.2) is 11.4 Å². The number of rotatable bonds is 2. The SMILES string of the molecule is N#CC(=C1Sc2nc(C#N)c(C#N)nc2S1)c1ccccc1OC(F)(F)F. The third kappa shape index (κ3) is 3.82. The van der Waals surface area contributed by atoms with E-state index in [-0.39, 0.29) is 22.5 Å². The first kappa shape index (κ1) is 18.6. The maximum Gasteiger partial charge on any atom is 0.573 e. The molecule has 0 spiro atoms. The summed E-state index contributed by atoms with van der Waals surface area (Å²) in [4.78, 5) is 8.05. The number of hydrogen-bond donors (Lipinski definition) is 0. The number of fused-ring (bicyclic) bond motifs is 1. The number of halogens is 3. The molecule has 2 aromatic rings. The number of thioether (sulfide) groups is 2. The fourth-order valence-electron chi connectivity index (χ4n) is 2.09. The Labute approximate surface area is 158 Å². The Balaban J connectivity index is 2.08. The Hall–Kier alpha value is -3.20. The van der Waals surface area contributed by atoms with Crippen molar-refractivity contribution in [3.63, 3.8) is 0 Å². The van der Waals surface area contributed by atoms with Crippen LogP contribution < -0.4 is 4.74 Å². The first-order valence-electron chi connectivity index (χ1n) is 6.93. The lowest BCUT2D eigenvalue weighted by Gasteiger charge is -2.13. The minimum absolute atomic E-state index is 0.0406. The van der Waals surface area contributed by atoms with Crippen LogP contribution in [0, 0.1) is 34.0 Å². The van der Waals surface area contributed by atoms with Crippen LogP contribution in [-0.2, 0) is 0 Å². The molecular weight excluding hydrogens is 399 g/mol. The third-order valence-electron chi connectivity index (χ3n) is 3.12. The van der Waals surface area contributed by atoms with Gasteiger partial charge in [0.05, 0.1) is 9.81 Å². The number of benzene rings is 1. The standard InChI is InChI=1S/C16H4F3N5OS2/c17-16(18,19)25-12-4-2-1-3-8(12)9(5-20)15-26-13-14(27-15)24-11(7-22)10(6-21)23-13/h1-4H. The average Bonchev–Trinajstić information content (AvgIpc) is 3.03. The molecule has 11 heteroatoms. The van der Waals surface area contributed by atoms with Crippen molar-refractivity contribution in [3.8, 4) is 24.0 Å². The molecule has 0 saturated heterocycles. The van der Waals surface area contributed by atoms with Crippen LogP contribution >= 0.6 is 23.5 Å². The Morgan fingerprint density at radius 2 is 1.52 bits per heavy atom. The highest BCUT2D eigenvalue weighted by Crippen LogP contribution is 2.52. The van der Waals surface area contributed by atoms with E-state index in [0.29, 0.717) is 14.3 Å². The van der Waals surface area contributed by atoms with Crippen LogP contribution in [0.3, 0.4) is 0 Å². The number of alkyl halides is 3. The van der Waals surface area contributed by atoms with Gasteiger partial charge in [-0.15, -0.1) is 13.2 Å². The van der Waals surface area contributed by atoms with E-state index in [4.69, 9.17) is 10.5 Å². The van der Waals surface area contributed by atoms with Crippen LogP contribution in [0.1, 0.15) is 17.0 Å². The topological polar surface area (TPSA) is 106 Å². The summed E-state index contributed by atoms with van der Waals surface area (Å²) >= 11 is 1.98. The summed E-state index contributed by atoms with van der Waals surface area (Å²) in [5.74, 6) is -0.512. The van der Waals surface area contributed by atoms with Crippen LogP contribution in [0.5, 0.6) is 5.75 Å². The van der Waals surface area contributed by atoms with Crippen molar-refractivity contribution in [2.45, 2.75) is 16.4 Å². The molecule has 0 unspecified atom stereocenters. The van der Waals surface area contributed by atoms with E-state index in [1.807, 2.05) is 6.07 Å². The maximum atomic E-state index is 12.6. The van der Waals surface area contributed by atoms with Gasteiger partial charge in [-0.25, -0.2) is 9.97 Å². The van der Waals surface area contributed by atoms with Crippen molar-refractivity contribution < 1.29 is 17.9 Å². The zero-order chi connectivity index (χ0) is 19.6. The second-order valence-corrected chi connectivity index (χ2v) is 7.03. The molecule has 27 heavy (non-hydrogen) atoms. The molecule has 1 aliphatic rings. The Morgan fingerprint density at radius 1 is 0.963 bits per heavy atom. The third-order valence-corrected chi connectivity index (χ3v) is 5.49. The van der Waals surface area contributed by atoms with Gasteiger partial charge in [0.25, 0.3) is 0 Å². The largest absolute Gasteiger partial charge is 0.573 e. The predicted octanol–water partition coefficient (Wildman–Crippen LogP) is 4.21. The van der Waals surface area contributed by atoms with E-state index in [1.54, 1.807) is 12.1 Å². The zero-order valence-corrected chi connectivity index (χ0v) is 14.5. The highest BCUT2D eigenvalue weighted by molar-refractivity contribution is 8.24. The van der Waals surface area contributed by atoms with Crippen LogP contribution in [0.25, 0.3) is 5.57 Å². The van der Waals surface area contributed by atoms with Gasteiger partial charge < -0.3 is 4.74 Å². The summed E-state index contributed by atoms with van der Waals surface area (Å²) < 4.78 is 42.2. The fourth-order valence-corrected chi connectivity index (χ4v) is 4.39. The quantitative estimate of drug-likeness (QED) is 0.687. The second kappa shape index (κ2) is 7.20. The van der Waals surface area contributed by atoms with Gasteiger partial charge in [-0.05, 0) is 12.1 Å². The average molecular weight is 403 g/mol. The highest BCUT2D eigenvalue weighted by atomic mass is 32.2. The van der Waals surface area contributed by atoms with Crippen LogP contribution in [-0.4, -0.2) is 16.3 Å². The van der Waals surface area contributed by atoms with Crippen molar-refractivity contribution in [2.75, 3.05) is 0 Å². The van der Waals surface area contributed by atoms with Gasteiger partial charge in [0.2, 0.25) is 0 Å². The lowest BCUT2D eigenvalue weighted by atomic mass is 10.1. The summed E-state index contributed by atoms with van der Waals surface area (Å²) in [7, 11) is 0.